The molecule has 75 heavy (non-hydrogen) atoms. The molecule has 2 unspecified atom stereocenters. The first-order valence-electron chi connectivity index (χ1n) is 34.1. The van der Waals surface area contributed by atoms with Crippen LogP contribution in [0.2, 0.25) is 0 Å². The summed E-state index contributed by atoms with van der Waals surface area (Å²) in [7, 11) is 0. The summed E-state index contributed by atoms with van der Waals surface area (Å²) in [6.07, 6.45) is 81.1. The lowest BCUT2D eigenvalue weighted by molar-refractivity contribution is -0.143. The highest BCUT2D eigenvalue weighted by Gasteiger charge is 2.18. The van der Waals surface area contributed by atoms with E-state index in [2.05, 4.69) is 31.3 Å². The molecule has 3 N–H and O–H groups in total. The molecule has 1 amide bonds. The number of esters is 1. The molecule has 6 nitrogen and oxygen atoms in total. The van der Waals surface area contributed by atoms with Crippen molar-refractivity contribution in [3.8, 4) is 0 Å². The Hall–Kier alpha value is -1.66. The first-order chi connectivity index (χ1) is 37.0. The fraction of sp³-hybridized carbons (Fsp3) is 0.913. The van der Waals surface area contributed by atoms with E-state index in [0.717, 1.165) is 38.5 Å². The van der Waals surface area contributed by atoms with Crippen molar-refractivity contribution >= 4 is 11.9 Å². The van der Waals surface area contributed by atoms with Crippen molar-refractivity contribution in [2.75, 3.05) is 13.2 Å². The minimum Gasteiger partial charge on any atom is -0.466 e. The zero-order chi connectivity index (χ0) is 54.3. The van der Waals surface area contributed by atoms with Crippen molar-refractivity contribution in [2.45, 2.75) is 392 Å². The number of rotatable bonds is 64. The van der Waals surface area contributed by atoms with Gasteiger partial charge in [-0.2, -0.15) is 0 Å². The molecule has 0 radical (unpaired) electrons. The van der Waals surface area contributed by atoms with Gasteiger partial charge < -0.3 is 20.3 Å². The monoisotopic (exact) mass is 1060 g/mol. The van der Waals surface area contributed by atoms with Gasteiger partial charge >= 0.3 is 5.97 Å². The van der Waals surface area contributed by atoms with Gasteiger partial charge in [0, 0.05) is 12.8 Å². The molecule has 0 fully saturated rings. The van der Waals surface area contributed by atoms with E-state index >= 15 is 0 Å². The number of unbranched alkanes of at least 4 members (excludes halogenated alkanes) is 51. The van der Waals surface area contributed by atoms with E-state index in [-0.39, 0.29) is 18.5 Å². The quantitative estimate of drug-likeness (QED) is 0.0320. The first-order valence-corrected chi connectivity index (χ1v) is 34.1. The second kappa shape index (κ2) is 64.9. The third-order valence-corrected chi connectivity index (χ3v) is 16.0. The Bertz CT molecular complexity index is 1170. The normalized spacial score (nSPS) is 12.6. The van der Waals surface area contributed by atoms with Gasteiger partial charge in [-0.25, -0.2) is 0 Å². The summed E-state index contributed by atoms with van der Waals surface area (Å²) in [6, 6.07) is -0.627. The maximum atomic E-state index is 12.5. The van der Waals surface area contributed by atoms with E-state index in [1.807, 2.05) is 6.08 Å². The van der Waals surface area contributed by atoms with Crippen LogP contribution >= 0.6 is 0 Å². The number of amides is 1. The van der Waals surface area contributed by atoms with Crippen LogP contribution < -0.4 is 5.32 Å². The molecule has 0 heterocycles. The van der Waals surface area contributed by atoms with Gasteiger partial charge in [-0.15, -0.1) is 0 Å². The Balaban J connectivity index is 3.40. The van der Waals surface area contributed by atoms with Crippen molar-refractivity contribution in [1.82, 2.24) is 5.32 Å². The van der Waals surface area contributed by atoms with Gasteiger partial charge in [0.1, 0.15) is 0 Å². The van der Waals surface area contributed by atoms with Crippen molar-refractivity contribution in [3.63, 3.8) is 0 Å². The highest BCUT2D eigenvalue weighted by Crippen LogP contribution is 2.18. The fourth-order valence-corrected chi connectivity index (χ4v) is 10.7. The summed E-state index contributed by atoms with van der Waals surface area (Å²) in [6.45, 7) is 4.93. The van der Waals surface area contributed by atoms with Crippen molar-refractivity contribution in [3.05, 3.63) is 24.3 Å². The zero-order valence-electron chi connectivity index (χ0n) is 50.8. The summed E-state index contributed by atoms with van der Waals surface area (Å²) < 4.78 is 5.47. The maximum Gasteiger partial charge on any atom is 0.305 e. The highest BCUT2D eigenvalue weighted by atomic mass is 16.5. The predicted molar refractivity (Wildman–Crippen MR) is 329 cm³/mol. The number of aliphatic hydroxyl groups is 2. The molecule has 0 aliphatic rings. The molecule has 0 aromatic heterocycles. The van der Waals surface area contributed by atoms with Crippen LogP contribution in [-0.4, -0.2) is 47.4 Å². The molecule has 0 aliphatic heterocycles. The molecule has 0 aromatic rings. The molecule has 0 aromatic carbocycles. The van der Waals surface area contributed by atoms with E-state index in [4.69, 9.17) is 4.74 Å². The second-order valence-corrected chi connectivity index (χ2v) is 23.5. The molecule has 0 saturated carbocycles. The Morgan fingerprint density at radius 2 is 0.627 bits per heavy atom. The van der Waals surface area contributed by atoms with Crippen LogP contribution in [0.4, 0.5) is 0 Å². The Kier molecular flexibility index (Phi) is 63.4. The number of carbonyl (C=O) groups is 2. The van der Waals surface area contributed by atoms with Gasteiger partial charge in [-0.1, -0.05) is 334 Å². The van der Waals surface area contributed by atoms with Crippen LogP contribution in [0.15, 0.2) is 24.3 Å². The number of nitrogens with one attached hydrogen (secondary N) is 1. The van der Waals surface area contributed by atoms with Crippen LogP contribution in [0, 0.1) is 0 Å². The molecule has 0 saturated heterocycles. The number of ether oxygens (including phenoxy) is 1. The molecule has 0 bridgehead atoms. The lowest BCUT2D eigenvalue weighted by Gasteiger charge is -2.20. The largest absolute Gasteiger partial charge is 0.466 e. The van der Waals surface area contributed by atoms with E-state index in [0.29, 0.717) is 19.4 Å². The summed E-state index contributed by atoms with van der Waals surface area (Å²) in [4.78, 5) is 24.5. The molecule has 0 rings (SSSR count). The minimum absolute atomic E-state index is 0.0163. The second-order valence-electron chi connectivity index (χ2n) is 23.5. The number of aliphatic hydroxyl groups excluding tert-OH is 2. The zero-order valence-corrected chi connectivity index (χ0v) is 50.8. The SMILES string of the molecule is CCCCCCCCCCCCCCCCCC/C=C/C(O)C(CO)NC(=O)CCCCCCCCCCCCCCC/C=C\CCCCCCCCCCCCCCOC(=O)CCCCCCCCCCCCC. The number of hydrogen-bond acceptors (Lipinski definition) is 5. The minimum atomic E-state index is -0.844. The Morgan fingerprint density at radius 1 is 0.360 bits per heavy atom. The van der Waals surface area contributed by atoms with E-state index < -0.39 is 12.1 Å². The molecule has 444 valence electrons. The van der Waals surface area contributed by atoms with Gasteiger partial charge in [0.25, 0.3) is 0 Å². The summed E-state index contributed by atoms with van der Waals surface area (Å²) in [5, 5.41) is 23.2. The maximum absolute atomic E-state index is 12.5. The van der Waals surface area contributed by atoms with Crippen molar-refractivity contribution in [1.29, 1.82) is 0 Å². The van der Waals surface area contributed by atoms with Crippen LogP contribution in [-0.2, 0) is 14.3 Å². The third-order valence-electron chi connectivity index (χ3n) is 16.0. The smallest absolute Gasteiger partial charge is 0.305 e. The molecule has 0 spiro atoms. The average molecular weight is 1060 g/mol. The number of allylic oxidation sites excluding steroid dienone is 3. The van der Waals surface area contributed by atoms with E-state index in [1.165, 1.54) is 315 Å². The van der Waals surface area contributed by atoms with Crippen LogP contribution in [0.5, 0.6) is 0 Å². The number of carbonyl (C=O) groups excluding carboxylic acids is 2. The standard InChI is InChI=1S/C69H133NO5/c1-3-5-7-9-11-13-15-16-17-18-32-35-38-42-45-49-53-57-61-67(72)66(65-71)70-68(73)62-58-54-50-46-43-39-36-33-30-28-26-24-22-20-19-21-23-25-27-29-31-34-37-40-44-48-52-56-60-64-75-69(74)63-59-55-51-47-41-14-12-10-8-6-4-2/h19,21,57,61,66-67,71-72H,3-18,20,22-56,58-60,62-65H2,1-2H3,(H,70,73)/b21-19-,61-57+. The topological polar surface area (TPSA) is 95.9 Å². The van der Waals surface area contributed by atoms with Gasteiger partial charge in [-0.3, -0.25) is 9.59 Å². The molecule has 2 atom stereocenters. The molecule has 0 aliphatic carbocycles. The summed E-state index contributed by atoms with van der Waals surface area (Å²) in [5.74, 6) is -0.0476. The van der Waals surface area contributed by atoms with Crippen molar-refractivity contribution < 1.29 is 24.5 Å². The molecular weight excluding hydrogens is 923 g/mol. The van der Waals surface area contributed by atoms with Gasteiger partial charge in [0.15, 0.2) is 0 Å². The first kappa shape index (κ1) is 73.3. The predicted octanol–water partition coefficient (Wildman–Crippen LogP) is 21.8. The van der Waals surface area contributed by atoms with E-state index in [1.54, 1.807) is 6.08 Å². The van der Waals surface area contributed by atoms with Gasteiger partial charge in [0.2, 0.25) is 5.91 Å². The van der Waals surface area contributed by atoms with Gasteiger partial charge in [0.05, 0.1) is 25.4 Å². The number of hydrogen-bond donors (Lipinski definition) is 3. The molecule has 6 heteroatoms. The third kappa shape index (κ3) is 61.4. The molecular formula is C69H133NO5. The Labute approximate surface area is 469 Å². The highest BCUT2D eigenvalue weighted by molar-refractivity contribution is 5.76. The van der Waals surface area contributed by atoms with Gasteiger partial charge in [-0.05, 0) is 57.8 Å². The lowest BCUT2D eigenvalue weighted by atomic mass is 10.0. The summed E-state index contributed by atoms with van der Waals surface area (Å²) in [5.41, 5.74) is 0. The van der Waals surface area contributed by atoms with Crippen LogP contribution in [0.1, 0.15) is 380 Å². The fourth-order valence-electron chi connectivity index (χ4n) is 10.7. The van der Waals surface area contributed by atoms with Crippen LogP contribution in [0.3, 0.4) is 0 Å². The van der Waals surface area contributed by atoms with Crippen molar-refractivity contribution in [2.24, 2.45) is 0 Å². The van der Waals surface area contributed by atoms with Crippen LogP contribution in [0.25, 0.3) is 0 Å². The lowest BCUT2D eigenvalue weighted by Crippen LogP contribution is -2.45. The van der Waals surface area contributed by atoms with E-state index in [9.17, 15) is 19.8 Å². The Morgan fingerprint density at radius 3 is 0.947 bits per heavy atom. The summed E-state index contributed by atoms with van der Waals surface area (Å²) >= 11 is 0. The average Bonchev–Trinajstić information content (AvgIpc) is 3.41.